The molecule has 1 saturated carbocycles. The first-order chi connectivity index (χ1) is 9.37. The number of pyridine rings is 1. The molecule has 1 aliphatic carbocycles. The highest BCUT2D eigenvalue weighted by Gasteiger charge is 2.41. The van der Waals surface area contributed by atoms with Gasteiger partial charge in [0.25, 0.3) is 0 Å². The summed E-state index contributed by atoms with van der Waals surface area (Å²) in [5, 5.41) is 22.2. The molecule has 1 aliphatic rings. The second-order valence-electron chi connectivity index (χ2n) is 5.80. The third kappa shape index (κ3) is 2.97. The van der Waals surface area contributed by atoms with Crippen molar-refractivity contribution in [1.82, 2.24) is 4.98 Å². The third-order valence-corrected chi connectivity index (χ3v) is 3.97. The second-order valence-corrected chi connectivity index (χ2v) is 5.80. The molecule has 2 N–H and O–H groups in total. The zero-order chi connectivity index (χ0) is 14.8. The SMILES string of the molecule is CC(=O)Nc1ccc([C@]2(C#N)CC[C@](C)(O)CC2)nc1. The van der Waals surface area contributed by atoms with E-state index in [1.165, 1.54) is 6.92 Å². The number of nitrogens with one attached hydrogen (secondary N) is 1. The maximum absolute atomic E-state index is 11.0. The molecule has 0 bridgehead atoms. The number of anilines is 1. The first-order valence-electron chi connectivity index (χ1n) is 6.75. The van der Waals surface area contributed by atoms with E-state index in [2.05, 4.69) is 16.4 Å². The van der Waals surface area contributed by atoms with E-state index >= 15 is 0 Å². The first kappa shape index (κ1) is 14.5. The molecule has 1 amide bonds. The van der Waals surface area contributed by atoms with Crippen LogP contribution in [0.2, 0.25) is 0 Å². The first-order valence-corrected chi connectivity index (χ1v) is 6.75. The smallest absolute Gasteiger partial charge is 0.221 e. The molecular formula is C15H19N3O2. The minimum Gasteiger partial charge on any atom is -0.390 e. The maximum atomic E-state index is 11.0. The van der Waals surface area contributed by atoms with Gasteiger partial charge in [-0.15, -0.1) is 0 Å². The van der Waals surface area contributed by atoms with E-state index in [1.807, 2.05) is 6.92 Å². The summed E-state index contributed by atoms with van der Waals surface area (Å²) in [7, 11) is 0. The molecule has 0 aliphatic heterocycles. The van der Waals surface area contributed by atoms with Crippen LogP contribution in [-0.2, 0) is 10.2 Å². The molecule has 5 nitrogen and oxygen atoms in total. The monoisotopic (exact) mass is 273 g/mol. The number of nitrogens with zero attached hydrogens (tertiary/aromatic N) is 2. The van der Waals surface area contributed by atoms with Crippen LogP contribution in [0.15, 0.2) is 18.3 Å². The van der Waals surface area contributed by atoms with Gasteiger partial charge >= 0.3 is 0 Å². The minimum atomic E-state index is -0.684. The molecule has 1 heterocycles. The molecule has 20 heavy (non-hydrogen) atoms. The molecule has 106 valence electrons. The van der Waals surface area contributed by atoms with Crippen molar-refractivity contribution in [2.75, 3.05) is 5.32 Å². The Labute approximate surface area is 118 Å². The molecule has 2 rings (SSSR count). The van der Waals surface area contributed by atoms with Crippen molar-refractivity contribution in [3.8, 4) is 6.07 Å². The Kier molecular flexibility index (Phi) is 3.78. The number of hydrogen-bond donors (Lipinski definition) is 2. The summed E-state index contributed by atoms with van der Waals surface area (Å²) < 4.78 is 0. The lowest BCUT2D eigenvalue weighted by Gasteiger charge is -2.37. The van der Waals surface area contributed by atoms with Gasteiger partial charge in [-0.05, 0) is 44.7 Å². The highest BCUT2D eigenvalue weighted by molar-refractivity contribution is 5.88. The predicted octanol–water partition coefficient (Wildman–Crippen LogP) is 2.13. The largest absolute Gasteiger partial charge is 0.390 e. The van der Waals surface area contributed by atoms with Gasteiger partial charge in [0.1, 0.15) is 0 Å². The summed E-state index contributed by atoms with van der Waals surface area (Å²) in [5.74, 6) is -0.150. The molecule has 0 spiro atoms. The van der Waals surface area contributed by atoms with Crippen LogP contribution < -0.4 is 5.32 Å². The van der Waals surface area contributed by atoms with Crippen molar-refractivity contribution in [2.45, 2.75) is 50.5 Å². The van der Waals surface area contributed by atoms with Gasteiger partial charge in [0, 0.05) is 6.92 Å². The number of aliphatic hydroxyl groups is 1. The fraction of sp³-hybridized carbons (Fsp3) is 0.533. The summed E-state index contributed by atoms with van der Waals surface area (Å²) in [6.07, 6.45) is 3.96. The lowest BCUT2D eigenvalue weighted by Crippen LogP contribution is -2.39. The molecule has 0 aromatic carbocycles. The van der Waals surface area contributed by atoms with E-state index in [4.69, 9.17) is 0 Å². The Morgan fingerprint density at radius 1 is 1.40 bits per heavy atom. The van der Waals surface area contributed by atoms with Gasteiger partial charge in [-0.3, -0.25) is 9.78 Å². The maximum Gasteiger partial charge on any atom is 0.221 e. The molecule has 5 heteroatoms. The van der Waals surface area contributed by atoms with Crippen molar-refractivity contribution < 1.29 is 9.90 Å². The van der Waals surface area contributed by atoms with Crippen LogP contribution in [-0.4, -0.2) is 21.6 Å². The van der Waals surface area contributed by atoms with Crippen LogP contribution in [0.3, 0.4) is 0 Å². The van der Waals surface area contributed by atoms with Gasteiger partial charge in [0.15, 0.2) is 0 Å². The topological polar surface area (TPSA) is 86.0 Å². The molecule has 0 unspecified atom stereocenters. The zero-order valence-electron chi connectivity index (χ0n) is 11.8. The quantitative estimate of drug-likeness (QED) is 0.864. The van der Waals surface area contributed by atoms with Gasteiger partial charge in [-0.1, -0.05) is 0 Å². The van der Waals surface area contributed by atoms with E-state index in [-0.39, 0.29) is 5.91 Å². The van der Waals surface area contributed by atoms with E-state index in [1.54, 1.807) is 18.3 Å². The summed E-state index contributed by atoms with van der Waals surface area (Å²) in [6.45, 7) is 3.25. The van der Waals surface area contributed by atoms with Crippen LogP contribution in [0.5, 0.6) is 0 Å². The van der Waals surface area contributed by atoms with E-state index in [0.29, 0.717) is 37.1 Å². The predicted molar refractivity (Wildman–Crippen MR) is 74.9 cm³/mol. The van der Waals surface area contributed by atoms with Gasteiger partial charge in [0.2, 0.25) is 5.91 Å². The van der Waals surface area contributed by atoms with Gasteiger partial charge < -0.3 is 10.4 Å². The van der Waals surface area contributed by atoms with Crippen molar-refractivity contribution in [2.24, 2.45) is 0 Å². The number of nitriles is 1. The zero-order valence-corrected chi connectivity index (χ0v) is 11.8. The standard InChI is InChI=1S/C15H19N3O2/c1-11(19)18-12-3-4-13(17-9-12)15(10-16)7-5-14(2,20)6-8-15/h3-4,9,20H,5-8H2,1-2H3,(H,18,19)/t14-,15+. The molecule has 1 fully saturated rings. The van der Waals surface area contributed by atoms with Crippen LogP contribution in [0.25, 0.3) is 0 Å². The van der Waals surface area contributed by atoms with E-state index in [9.17, 15) is 15.2 Å². The Morgan fingerprint density at radius 3 is 2.50 bits per heavy atom. The summed E-state index contributed by atoms with van der Waals surface area (Å²) in [6, 6.07) is 5.92. The van der Waals surface area contributed by atoms with E-state index in [0.717, 1.165) is 0 Å². The van der Waals surface area contributed by atoms with Crippen molar-refractivity contribution in [3.63, 3.8) is 0 Å². The lowest BCUT2D eigenvalue weighted by atomic mass is 9.68. The number of carbonyl (C=O) groups is 1. The van der Waals surface area contributed by atoms with Crippen molar-refractivity contribution >= 4 is 11.6 Å². The number of hydrogen-bond acceptors (Lipinski definition) is 4. The van der Waals surface area contributed by atoms with Crippen LogP contribution in [0.4, 0.5) is 5.69 Å². The number of aromatic nitrogens is 1. The van der Waals surface area contributed by atoms with Crippen LogP contribution in [0.1, 0.15) is 45.2 Å². The Morgan fingerprint density at radius 2 is 2.05 bits per heavy atom. The average molecular weight is 273 g/mol. The van der Waals surface area contributed by atoms with Crippen molar-refractivity contribution in [3.05, 3.63) is 24.0 Å². The fourth-order valence-corrected chi connectivity index (χ4v) is 2.59. The Balaban J connectivity index is 2.21. The molecule has 0 atom stereocenters. The fourth-order valence-electron chi connectivity index (χ4n) is 2.59. The molecular weight excluding hydrogens is 254 g/mol. The van der Waals surface area contributed by atoms with E-state index < -0.39 is 11.0 Å². The molecule has 0 radical (unpaired) electrons. The lowest BCUT2D eigenvalue weighted by molar-refractivity contribution is -0.114. The second kappa shape index (κ2) is 5.22. The van der Waals surface area contributed by atoms with Gasteiger partial charge in [0.05, 0.1) is 34.7 Å². The highest BCUT2D eigenvalue weighted by atomic mass is 16.3. The molecule has 1 aromatic heterocycles. The summed E-state index contributed by atoms with van der Waals surface area (Å²) in [5.41, 5.74) is 0.0229. The minimum absolute atomic E-state index is 0.150. The molecule has 1 aromatic rings. The average Bonchev–Trinajstić information content (AvgIpc) is 2.40. The number of rotatable bonds is 2. The van der Waals surface area contributed by atoms with Crippen LogP contribution in [0, 0.1) is 11.3 Å². The Hall–Kier alpha value is -1.93. The normalized spacial score (nSPS) is 29.5. The van der Waals surface area contributed by atoms with Crippen molar-refractivity contribution in [1.29, 1.82) is 5.26 Å². The van der Waals surface area contributed by atoms with Gasteiger partial charge in [-0.25, -0.2) is 0 Å². The summed E-state index contributed by atoms with van der Waals surface area (Å²) >= 11 is 0. The Bertz CT molecular complexity index is 533. The molecule has 0 saturated heterocycles. The third-order valence-electron chi connectivity index (χ3n) is 3.97. The number of carbonyl (C=O) groups excluding carboxylic acids is 1. The summed E-state index contributed by atoms with van der Waals surface area (Å²) in [4.78, 5) is 15.3. The highest BCUT2D eigenvalue weighted by Crippen LogP contribution is 2.42. The van der Waals surface area contributed by atoms with Gasteiger partial charge in [-0.2, -0.15) is 5.26 Å². The number of amides is 1. The van der Waals surface area contributed by atoms with Crippen LogP contribution >= 0.6 is 0 Å².